The van der Waals surface area contributed by atoms with E-state index in [1.54, 1.807) is 0 Å². The summed E-state index contributed by atoms with van der Waals surface area (Å²) in [6, 6.07) is 0. The van der Waals surface area contributed by atoms with Crippen molar-refractivity contribution >= 4 is 29.9 Å². The van der Waals surface area contributed by atoms with E-state index < -0.39 is 0 Å². The highest BCUT2D eigenvalue weighted by molar-refractivity contribution is 14.0. The molecule has 1 saturated heterocycles. The van der Waals surface area contributed by atoms with Gasteiger partial charge in [0.2, 0.25) is 0 Å². The molecule has 0 spiro atoms. The van der Waals surface area contributed by atoms with Gasteiger partial charge in [0.25, 0.3) is 0 Å². The summed E-state index contributed by atoms with van der Waals surface area (Å²) in [7, 11) is 2.20. The molecule has 120 valence electrons. The van der Waals surface area contributed by atoms with Crippen molar-refractivity contribution in [1.82, 2.24) is 15.1 Å². The number of halogens is 1. The van der Waals surface area contributed by atoms with Gasteiger partial charge in [-0.15, -0.1) is 24.0 Å². The highest BCUT2D eigenvalue weighted by Crippen LogP contribution is 2.02. The summed E-state index contributed by atoms with van der Waals surface area (Å²) in [5, 5.41) is 3.18. The van der Waals surface area contributed by atoms with E-state index in [0.717, 1.165) is 19.5 Å². The lowest BCUT2D eigenvalue weighted by Gasteiger charge is -2.21. The predicted molar refractivity (Wildman–Crippen MR) is 98.0 cm³/mol. The number of rotatable bonds is 4. The van der Waals surface area contributed by atoms with Crippen LogP contribution in [-0.4, -0.2) is 67.6 Å². The molecule has 0 aliphatic carbocycles. The van der Waals surface area contributed by atoms with Gasteiger partial charge in [-0.3, -0.25) is 4.99 Å². The second-order valence-corrected chi connectivity index (χ2v) is 6.49. The van der Waals surface area contributed by atoms with Crippen molar-refractivity contribution in [3.63, 3.8) is 0 Å². The number of likely N-dealkylation sites (N-methyl/N-ethyl adjacent to an activating group) is 1. The van der Waals surface area contributed by atoms with E-state index in [4.69, 9.17) is 5.73 Å². The van der Waals surface area contributed by atoms with Gasteiger partial charge in [-0.1, -0.05) is 0 Å². The van der Waals surface area contributed by atoms with Crippen LogP contribution in [0.1, 0.15) is 33.6 Å². The van der Waals surface area contributed by atoms with Crippen LogP contribution >= 0.6 is 24.0 Å². The average molecular weight is 397 g/mol. The summed E-state index contributed by atoms with van der Waals surface area (Å²) in [5.74, 6) is 0.558. The second-order valence-electron chi connectivity index (χ2n) is 6.49. The Hall–Kier alpha value is -0.0800. The zero-order valence-corrected chi connectivity index (χ0v) is 15.8. The van der Waals surface area contributed by atoms with Gasteiger partial charge in [0, 0.05) is 25.2 Å². The summed E-state index contributed by atoms with van der Waals surface area (Å²) in [4.78, 5) is 9.32. The van der Waals surface area contributed by atoms with E-state index in [1.807, 2.05) is 0 Å². The first-order valence-corrected chi connectivity index (χ1v) is 7.36. The van der Waals surface area contributed by atoms with Crippen LogP contribution in [0.15, 0.2) is 4.99 Å². The van der Waals surface area contributed by atoms with Gasteiger partial charge in [-0.05, 0) is 60.3 Å². The zero-order chi connectivity index (χ0) is 14.3. The molecule has 1 heterocycles. The lowest BCUT2D eigenvalue weighted by molar-refractivity contribution is 0.275. The van der Waals surface area contributed by atoms with Crippen molar-refractivity contribution in [3.05, 3.63) is 0 Å². The van der Waals surface area contributed by atoms with Crippen molar-refractivity contribution in [1.29, 1.82) is 0 Å². The molecular formula is C14H32IN5. The van der Waals surface area contributed by atoms with E-state index >= 15 is 0 Å². The molecule has 5 nitrogen and oxygen atoms in total. The fourth-order valence-electron chi connectivity index (χ4n) is 2.24. The van der Waals surface area contributed by atoms with Gasteiger partial charge in [-0.2, -0.15) is 0 Å². The van der Waals surface area contributed by atoms with E-state index in [-0.39, 0.29) is 29.5 Å². The third kappa shape index (κ3) is 9.77. The van der Waals surface area contributed by atoms with E-state index in [9.17, 15) is 0 Å². The fraction of sp³-hybridized carbons (Fsp3) is 0.929. The highest BCUT2D eigenvalue weighted by atomic mass is 127. The minimum atomic E-state index is -0.0110. The van der Waals surface area contributed by atoms with Crippen LogP contribution in [0.2, 0.25) is 0 Å². The Bertz CT molecular complexity index is 288. The number of hydrogen-bond donors (Lipinski definition) is 2. The van der Waals surface area contributed by atoms with Gasteiger partial charge < -0.3 is 20.9 Å². The Balaban J connectivity index is 0.00000361. The average Bonchev–Trinajstić information content (AvgIpc) is 2.47. The van der Waals surface area contributed by atoms with Gasteiger partial charge in [-0.25, -0.2) is 0 Å². The van der Waals surface area contributed by atoms with Crippen LogP contribution in [0.4, 0.5) is 0 Å². The number of guanidine groups is 1. The molecular weight excluding hydrogens is 365 g/mol. The maximum absolute atomic E-state index is 5.84. The van der Waals surface area contributed by atoms with Gasteiger partial charge in [0.05, 0.1) is 0 Å². The Morgan fingerprint density at radius 1 is 1.20 bits per heavy atom. The molecule has 1 fully saturated rings. The van der Waals surface area contributed by atoms with Crippen LogP contribution in [0, 0.1) is 0 Å². The fourth-order valence-corrected chi connectivity index (χ4v) is 2.24. The number of aliphatic imine (C=N–C) groups is 1. The molecule has 1 aliphatic heterocycles. The molecule has 0 aromatic heterocycles. The lowest BCUT2D eigenvalue weighted by atomic mass is 10.1. The first-order valence-electron chi connectivity index (χ1n) is 7.36. The van der Waals surface area contributed by atoms with E-state index in [2.05, 4.69) is 47.9 Å². The van der Waals surface area contributed by atoms with E-state index in [1.165, 1.54) is 32.6 Å². The molecule has 0 aromatic carbocycles. The standard InChI is InChI=1S/C14H31N5.HI/c1-14(2,3)17-13(15)16-7-5-9-19-10-6-8-18(4)11-12-19;/h5-12H2,1-4H3,(H3,15,16,17);1H. The SMILES string of the molecule is CN1CCCN(CCCN=C(N)NC(C)(C)C)CC1.I. The maximum Gasteiger partial charge on any atom is 0.188 e. The van der Waals surface area contributed by atoms with Gasteiger partial charge >= 0.3 is 0 Å². The van der Waals surface area contributed by atoms with Crippen LogP contribution < -0.4 is 11.1 Å². The maximum atomic E-state index is 5.84. The van der Waals surface area contributed by atoms with Crippen molar-refractivity contribution in [2.24, 2.45) is 10.7 Å². The molecule has 1 rings (SSSR count). The second kappa shape index (κ2) is 9.78. The largest absolute Gasteiger partial charge is 0.370 e. The number of nitrogens with two attached hydrogens (primary N) is 1. The molecule has 0 bridgehead atoms. The molecule has 1 aliphatic rings. The summed E-state index contributed by atoms with van der Waals surface area (Å²) in [6.07, 6.45) is 2.35. The number of hydrogen-bond acceptors (Lipinski definition) is 3. The normalized spacial score (nSPS) is 19.3. The Labute approximate surface area is 141 Å². The molecule has 3 N–H and O–H groups in total. The predicted octanol–water partition coefficient (Wildman–Crippen LogP) is 1.33. The van der Waals surface area contributed by atoms with Crippen LogP contribution in [0.5, 0.6) is 0 Å². The van der Waals surface area contributed by atoms with Crippen LogP contribution in [-0.2, 0) is 0 Å². The summed E-state index contributed by atoms with van der Waals surface area (Å²) < 4.78 is 0. The zero-order valence-electron chi connectivity index (χ0n) is 13.5. The number of nitrogens with one attached hydrogen (secondary N) is 1. The molecule has 0 aromatic rings. The molecule has 0 radical (unpaired) electrons. The van der Waals surface area contributed by atoms with Gasteiger partial charge in [0.15, 0.2) is 5.96 Å². The molecule has 20 heavy (non-hydrogen) atoms. The van der Waals surface area contributed by atoms with Crippen LogP contribution in [0.3, 0.4) is 0 Å². The molecule has 6 heteroatoms. The summed E-state index contributed by atoms with van der Waals surface area (Å²) >= 11 is 0. The third-order valence-corrected chi connectivity index (χ3v) is 3.23. The monoisotopic (exact) mass is 397 g/mol. The minimum Gasteiger partial charge on any atom is -0.370 e. The van der Waals surface area contributed by atoms with Crippen LogP contribution in [0.25, 0.3) is 0 Å². The minimum absolute atomic E-state index is 0. The highest BCUT2D eigenvalue weighted by Gasteiger charge is 2.11. The molecule has 0 unspecified atom stereocenters. The van der Waals surface area contributed by atoms with Crippen molar-refractivity contribution in [2.75, 3.05) is 46.3 Å². The Morgan fingerprint density at radius 3 is 2.55 bits per heavy atom. The Kier molecular flexibility index (Phi) is 9.74. The molecule has 0 saturated carbocycles. The van der Waals surface area contributed by atoms with Crippen molar-refractivity contribution in [3.8, 4) is 0 Å². The Morgan fingerprint density at radius 2 is 1.90 bits per heavy atom. The summed E-state index contributed by atoms with van der Waals surface area (Å²) in [5.41, 5.74) is 5.83. The van der Waals surface area contributed by atoms with Gasteiger partial charge in [0.1, 0.15) is 0 Å². The molecule has 0 amide bonds. The lowest BCUT2D eigenvalue weighted by Crippen LogP contribution is -2.45. The first kappa shape index (κ1) is 19.9. The third-order valence-electron chi connectivity index (χ3n) is 3.23. The first-order chi connectivity index (χ1) is 8.87. The molecule has 0 atom stereocenters. The van der Waals surface area contributed by atoms with E-state index in [0.29, 0.717) is 5.96 Å². The summed E-state index contributed by atoms with van der Waals surface area (Å²) in [6.45, 7) is 13.0. The van der Waals surface area contributed by atoms with Crippen molar-refractivity contribution in [2.45, 2.75) is 39.2 Å². The topological polar surface area (TPSA) is 56.9 Å². The smallest absolute Gasteiger partial charge is 0.188 e. The quantitative estimate of drug-likeness (QED) is 0.325. The number of nitrogens with zero attached hydrogens (tertiary/aromatic N) is 3. The van der Waals surface area contributed by atoms with Crippen molar-refractivity contribution < 1.29 is 0 Å².